The van der Waals surface area contributed by atoms with Crippen molar-refractivity contribution in [2.75, 3.05) is 5.33 Å². The lowest BCUT2D eigenvalue weighted by Gasteiger charge is -1.97. The number of benzene rings is 1. The zero-order valence-electron chi connectivity index (χ0n) is 10.9. The Balaban J connectivity index is 1.77. The molecule has 0 N–H and O–H groups in total. The highest BCUT2D eigenvalue weighted by molar-refractivity contribution is 9.10. The van der Waals surface area contributed by atoms with E-state index in [1.54, 1.807) is 4.68 Å². The Morgan fingerprint density at radius 2 is 2.00 bits per heavy atom. The van der Waals surface area contributed by atoms with E-state index < -0.39 is 0 Å². The van der Waals surface area contributed by atoms with Gasteiger partial charge in [0.2, 0.25) is 11.8 Å². The fourth-order valence-corrected chi connectivity index (χ4v) is 2.69. The van der Waals surface area contributed by atoms with E-state index in [0.717, 1.165) is 27.5 Å². The Kier molecular flexibility index (Phi) is 4.45. The number of aromatic nitrogens is 5. The Hall–Kier alpha value is -1.54. The zero-order valence-corrected chi connectivity index (χ0v) is 14.1. The second-order valence-electron chi connectivity index (χ2n) is 4.33. The molecule has 0 aliphatic carbocycles. The molecule has 0 atom stereocenters. The fourth-order valence-electron chi connectivity index (χ4n) is 1.83. The molecule has 0 bridgehead atoms. The van der Waals surface area contributed by atoms with Gasteiger partial charge in [0, 0.05) is 22.4 Å². The summed E-state index contributed by atoms with van der Waals surface area (Å²) in [6.45, 7) is 0.409. The van der Waals surface area contributed by atoms with Crippen molar-refractivity contribution in [3.63, 3.8) is 0 Å². The Morgan fingerprint density at radius 3 is 2.81 bits per heavy atom. The molecule has 2 aromatic heterocycles. The number of hydrogen-bond acceptors (Lipinski definition) is 5. The summed E-state index contributed by atoms with van der Waals surface area (Å²) < 4.78 is 8.28. The Bertz CT molecular complexity index is 740. The minimum absolute atomic E-state index is 0.409. The first-order valence-electron chi connectivity index (χ1n) is 6.28. The summed E-state index contributed by atoms with van der Waals surface area (Å²) >= 11 is 6.85. The van der Waals surface area contributed by atoms with Gasteiger partial charge < -0.3 is 4.42 Å². The van der Waals surface area contributed by atoms with E-state index in [9.17, 15) is 0 Å². The topological polar surface area (TPSA) is 69.6 Å². The predicted molar refractivity (Wildman–Crippen MR) is 84.1 cm³/mol. The first-order chi connectivity index (χ1) is 10.3. The third-order valence-corrected chi connectivity index (χ3v) is 3.89. The summed E-state index contributed by atoms with van der Waals surface area (Å²) in [7, 11) is 0. The van der Waals surface area contributed by atoms with Crippen LogP contribution in [0.4, 0.5) is 0 Å². The van der Waals surface area contributed by atoms with Crippen molar-refractivity contribution < 1.29 is 4.42 Å². The highest BCUT2D eigenvalue weighted by atomic mass is 79.9. The molecule has 6 nitrogen and oxygen atoms in total. The van der Waals surface area contributed by atoms with Crippen molar-refractivity contribution in [2.45, 2.75) is 13.0 Å². The van der Waals surface area contributed by atoms with Crippen molar-refractivity contribution >= 4 is 31.9 Å². The number of aryl methyl sites for hydroxylation is 1. The standard InChI is InChI=1S/C13H11Br2N5O/c14-6-5-9-7-20(19-16-9)8-12-17-18-13(21-12)10-3-1-2-4-11(10)15/h1-4,7H,5-6,8H2. The van der Waals surface area contributed by atoms with Crippen LogP contribution >= 0.6 is 31.9 Å². The predicted octanol–water partition coefficient (Wildman–Crippen LogP) is 3.08. The lowest BCUT2D eigenvalue weighted by atomic mass is 10.2. The van der Waals surface area contributed by atoms with Gasteiger partial charge in [-0.25, -0.2) is 4.68 Å². The normalized spacial score (nSPS) is 11.0. The SMILES string of the molecule is BrCCc1cn(Cc2nnc(-c3ccccc3Br)o2)nn1. The summed E-state index contributed by atoms with van der Waals surface area (Å²) in [6, 6.07) is 7.72. The number of hydrogen-bond donors (Lipinski definition) is 0. The van der Waals surface area contributed by atoms with Crippen molar-refractivity contribution in [1.29, 1.82) is 0 Å². The largest absolute Gasteiger partial charge is 0.419 e. The van der Waals surface area contributed by atoms with E-state index in [1.165, 1.54) is 0 Å². The number of alkyl halides is 1. The molecule has 1 aromatic carbocycles. The molecule has 21 heavy (non-hydrogen) atoms. The number of halogens is 2. The van der Waals surface area contributed by atoms with Gasteiger partial charge in [0.25, 0.3) is 0 Å². The van der Waals surface area contributed by atoms with Crippen molar-refractivity contribution in [2.24, 2.45) is 0 Å². The van der Waals surface area contributed by atoms with Gasteiger partial charge in [-0.15, -0.1) is 15.3 Å². The average molecular weight is 413 g/mol. The van der Waals surface area contributed by atoms with Crippen molar-refractivity contribution in [1.82, 2.24) is 25.2 Å². The maximum absolute atomic E-state index is 5.67. The van der Waals surface area contributed by atoms with E-state index in [1.807, 2.05) is 30.5 Å². The highest BCUT2D eigenvalue weighted by Crippen LogP contribution is 2.26. The van der Waals surface area contributed by atoms with E-state index >= 15 is 0 Å². The first kappa shape index (κ1) is 14.4. The van der Waals surface area contributed by atoms with Gasteiger partial charge in [0.1, 0.15) is 6.54 Å². The van der Waals surface area contributed by atoms with Gasteiger partial charge in [-0.2, -0.15) is 0 Å². The summed E-state index contributed by atoms with van der Waals surface area (Å²) in [6.07, 6.45) is 2.72. The van der Waals surface area contributed by atoms with Crippen LogP contribution in [0.1, 0.15) is 11.6 Å². The van der Waals surface area contributed by atoms with Crippen LogP contribution in [-0.2, 0) is 13.0 Å². The molecule has 0 amide bonds. The first-order valence-corrected chi connectivity index (χ1v) is 8.20. The van der Waals surface area contributed by atoms with Crippen LogP contribution in [-0.4, -0.2) is 30.5 Å². The van der Waals surface area contributed by atoms with Crippen LogP contribution in [0.15, 0.2) is 39.4 Å². The minimum Gasteiger partial charge on any atom is -0.419 e. The smallest absolute Gasteiger partial charge is 0.248 e. The minimum atomic E-state index is 0.409. The third kappa shape index (κ3) is 3.38. The molecule has 2 heterocycles. The van der Waals surface area contributed by atoms with Gasteiger partial charge in [-0.3, -0.25) is 0 Å². The molecule has 3 aromatic rings. The van der Waals surface area contributed by atoms with Crippen molar-refractivity contribution in [3.05, 3.63) is 46.5 Å². The fraction of sp³-hybridized carbons (Fsp3) is 0.231. The van der Waals surface area contributed by atoms with Crippen LogP contribution in [0.2, 0.25) is 0 Å². The van der Waals surface area contributed by atoms with Crippen LogP contribution in [0.5, 0.6) is 0 Å². The monoisotopic (exact) mass is 411 g/mol. The molecular weight excluding hydrogens is 402 g/mol. The Morgan fingerprint density at radius 1 is 1.14 bits per heavy atom. The van der Waals surface area contributed by atoms with E-state index in [2.05, 4.69) is 52.4 Å². The van der Waals surface area contributed by atoms with Gasteiger partial charge in [-0.05, 0) is 28.1 Å². The average Bonchev–Trinajstić information content (AvgIpc) is 3.10. The quantitative estimate of drug-likeness (QED) is 0.602. The summed E-state index contributed by atoms with van der Waals surface area (Å²) in [5.41, 5.74) is 1.80. The van der Waals surface area contributed by atoms with E-state index in [0.29, 0.717) is 18.3 Å². The lowest BCUT2D eigenvalue weighted by molar-refractivity contribution is 0.469. The van der Waals surface area contributed by atoms with Gasteiger partial charge >= 0.3 is 0 Å². The van der Waals surface area contributed by atoms with E-state index in [-0.39, 0.29) is 0 Å². The van der Waals surface area contributed by atoms with Gasteiger partial charge in [0.15, 0.2) is 0 Å². The molecule has 8 heteroatoms. The third-order valence-electron chi connectivity index (χ3n) is 2.81. The molecule has 108 valence electrons. The molecule has 0 saturated carbocycles. The zero-order chi connectivity index (χ0) is 14.7. The summed E-state index contributed by atoms with van der Waals surface area (Å²) in [5.74, 6) is 0.981. The molecule has 0 saturated heterocycles. The molecule has 0 fully saturated rings. The van der Waals surface area contributed by atoms with Crippen molar-refractivity contribution in [3.8, 4) is 11.5 Å². The summed E-state index contributed by atoms with van der Waals surface area (Å²) in [4.78, 5) is 0. The molecule has 0 unspecified atom stereocenters. The maximum Gasteiger partial charge on any atom is 0.248 e. The van der Waals surface area contributed by atoms with Crippen LogP contribution < -0.4 is 0 Å². The maximum atomic E-state index is 5.67. The van der Waals surface area contributed by atoms with Crippen LogP contribution in [0, 0.1) is 0 Å². The molecule has 0 spiro atoms. The lowest BCUT2D eigenvalue weighted by Crippen LogP contribution is -2.00. The number of rotatable bonds is 5. The van der Waals surface area contributed by atoms with Gasteiger partial charge in [-0.1, -0.05) is 33.3 Å². The highest BCUT2D eigenvalue weighted by Gasteiger charge is 2.12. The van der Waals surface area contributed by atoms with Gasteiger partial charge in [0.05, 0.1) is 11.3 Å². The van der Waals surface area contributed by atoms with E-state index in [4.69, 9.17) is 4.42 Å². The summed E-state index contributed by atoms with van der Waals surface area (Å²) in [5, 5.41) is 17.1. The number of nitrogens with zero attached hydrogens (tertiary/aromatic N) is 5. The second kappa shape index (κ2) is 6.48. The molecule has 0 aliphatic rings. The molecule has 0 radical (unpaired) electrons. The molecular formula is C13H11Br2N5O. The second-order valence-corrected chi connectivity index (χ2v) is 5.97. The van der Waals surface area contributed by atoms with Crippen LogP contribution in [0.3, 0.4) is 0 Å². The van der Waals surface area contributed by atoms with Crippen LogP contribution in [0.25, 0.3) is 11.5 Å². The molecule has 0 aliphatic heterocycles. The Labute approximate surface area is 137 Å². The molecule has 3 rings (SSSR count).